The van der Waals surface area contributed by atoms with E-state index in [1.807, 2.05) is 12.1 Å². The van der Waals surface area contributed by atoms with E-state index in [4.69, 9.17) is 49.3 Å². The summed E-state index contributed by atoms with van der Waals surface area (Å²) in [6.45, 7) is 0.140. The molecule has 0 spiro atoms. The molecule has 2 N–H and O–H groups in total. The molecule has 5 rings (SSSR count). The molecule has 0 saturated heterocycles. The lowest BCUT2D eigenvalue weighted by Gasteiger charge is -2.10. The number of rotatable bonds is 3. The normalized spacial score (nSPS) is 12.1. The van der Waals surface area contributed by atoms with Gasteiger partial charge in [-0.3, -0.25) is 10.1 Å². The predicted molar refractivity (Wildman–Crippen MR) is 126 cm³/mol. The molecule has 0 unspecified atom stereocenters. The van der Waals surface area contributed by atoms with Gasteiger partial charge in [-0.15, -0.1) is 0 Å². The Bertz CT molecular complexity index is 1370. The third kappa shape index (κ3) is 4.08. The maximum Gasteiger partial charge on any atom is 0.257 e. The minimum absolute atomic E-state index is 0.140. The standard InChI is InChI=1S/C22H13Cl2N3O4S/c23-13-8-15(24)19-16(9-13)26-21(31-19)11-1-4-14(5-2-11)25-22(32)27-20(28)12-3-6-17-18(7-12)30-10-29-17/h1-9H,10H2,(H2,25,27,28,32). The van der Waals surface area contributed by atoms with Crippen LogP contribution in [0.25, 0.3) is 22.6 Å². The number of hydrogen-bond donors (Lipinski definition) is 2. The second-order valence-corrected chi connectivity index (χ2v) is 8.06. The van der Waals surface area contributed by atoms with Gasteiger partial charge >= 0.3 is 0 Å². The molecular formula is C22H13Cl2N3O4S. The van der Waals surface area contributed by atoms with E-state index in [9.17, 15) is 4.79 Å². The molecular weight excluding hydrogens is 473 g/mol. The summed E-state index contributed by atoms with van der Waals surface area (Å²) in [5, 5.41) is 6.65. The highest BCUT2D eigenvalue weighted by Crippen LogP contribution is 2.33. The number of halogens is 2. The number of thiocarbonyl (C=S) groups is 1. The monoisotopic (exact) mass is 485 g/mol. The lowest BCUT2D eigenvalue weighted by molar-refractivity contribution is 0.0977. The molecule has 160 valence electrons. The van der Waals surface area contributed by atoms with E-state index in [1.54, 1.807) is 42.5 Å². The summed E-state index contributed by atoms with van der Waals surface area (Å²) in [5.41, 5.74) is 2.88. The first-order valence-corrected chi connectivity index (χ1v) is 10.5. The fourth-order valence-corrected chi connectivity index (χ4v) is 3.89. The SMILES string of the molecule is O=C(NC(=S)Nc1ccc(-c2nc3cc(Cl)cc(Cl)c3o2)cc1)c1ccc2c(c1)OCO2. The Morgan fingerprint density at radius 2 is 1.78 bits per heavy atom. The van der Waals surface area contributed by atoms with E-state index in [1.165, 1.54) is 0 Å². The van der Waals surface area contributed by atoms with Gasteiger partial charge in [0, 0.05) is 21.8 Å². The molecule has 7 nitrogen and oxygen atoms in total. The first-order valence-electron chi connectivity index (χ1n) is 9.34. The van der Waals surface area contributed by atoms with Crippen molar-refractivity contribution < 1.29 is 18.7 Å². The van der Waals surface area contributed by atoms with Crippen molar-refractivity contribution in [2.24, 2.45) is 0 Å². The number of fused-ring (bicyclic) bond motifs is 2. The van der Waals surface area contributed by atoms with Gasteiger partial charge in [0.15, 0.2) is 22.2 Å². The van der Waals surface area contributed by atoms with Crippen molar-refractivity contribution in [3.63, 3.8) is 0 Å². The summed E-state index contributed by atoms with van der Waals surface area (Å²) in [7, 11) is 0. The Morgan fingerprint density at radius 1 is 1.00 bits per heavy atom. The molecule has 0 atom stereocenters. The molecule has 2 heterocycles. The topological polar surface area (TPSA) is 85.6 Å². The van der Waals surface area contributed by atoms with Crippen LogP contribution in [-0.2, 0) is 0 Å². The smallest absolute Gasteiger partial charge is 0.257 e. The third-order valence-corrected chi connectivity index (χ3v) is 5.36. The van der Waals surface area contributed by atoms with Crippen molar-refractivity contribution in [1.82, 2.24) is 10.3 Å². The average Bonchev–Trinajstić information content (AvgIpc) is 3.40. The summed E-state index contributed by atoms with van der Waals surface area (Å²) in [6.07, 6.45) is 0. The van der Waals surface area contributed by atoms with E-state index in [-0.39, 0.29) is 17.8 Å². The minimum atomic E-state index is -0.362. The predicted octanol–water partition coefficient (Wildman–Crippen LogP) is 5.66. The fourth-order valence-electron chi connectivity index (χ4n) is 3.15. The van der Waals surface area contributed by atoms with Gasteiger partial charge in [0.2, 0.25) is 12.7 Å². The van der Waals surface area contributed by atoms with Gasteiger partial charge in [-0.25, -0.2) is 4.98 Å². The summed E-state index contributed by atoms with van der Waals surface area (Å²) in [4.78, 5) is 16.9. The van der Waals surface area contributed by atoms with Gasteiger partial charge in [-0.2, -0.15) is 0 Å². The molecule has 10 heteroatoms. The molecule has 4 aromatic rings. The van der Waals surface area contributed by atoms with Gasteiger partial charge in [0.1, 0.15) is 5.52 Å². The zero-order chi connectivity index (χ0) is 22.2. The van der Waals surface area contributed by atoms with Gasteiger partial charge < -0.3 is 19.2 Å². The lowest BCUT2D eigenvalue weighted by Crippen LogP contribution is -2.34. The molecule has 1 aliphatic heterocycles. The van der Waals surface area contributed by atoms with Crippen molar-refractivity contribution in [3.8, 4) is 23.0 Å². The van der Waals surface area contributed by atoms with Crippen molar-refractivity contribution >= 4 is 63.2 Å². The number of aromatic nitrogens is 1. The minimum Gasteiger partial charge on any atom is -0.454 e. The highest BCUT2D eigenvalue weighted by atomic mass is 35.5. The summed E-state index contributed by atoms with van der Waals surface area (Å²) < 4.78 is 16.3. The van der Waals surface area contributed by atoms with Crippen molar-refractivity contribution in [2.45, 2.75) is 0 Å². The zero-order valence-electron chi connectivity index (χ0n) is 16.1. The Balaban J connectivity index is 1.26. The van der Waals surface area contributed by atoms with Crippen LogP contribution in [0.2, 0.25) is 10.0 Å². The lowest BCUT2D eigenvalue weighted by atomic mass is 10.2. The average molecular weight is 486 g/mol. The quantitative estimate of drug-likeness (QED) is 0.362. The van der Waals surface area contributed by atoms with Gasteiger partial charge in [-0.05, 0) is 66.8 Å². The molecule has 1 aliphatic rings. The number of hydrogen-bond acceptors (Lipinski definition) is 6. The Labute approximate surface area is 197 Å². The van der Waals surface area contributed by atoms with Gasteiger partial charge in [0.25, 0.3) is 5.91 Å². The Kier molecular flexibility index (Phi) is 5.34. The van der Waals surface area contributed by atoms with E-state index in [2.05, 4.69) is 15.6 Å². The number of amides is 1. The van der Waals surface area contributed by atoms with Crippen LogP contribution in [0.1, 0.15) is 10.4 Å². The second-order valence-electron chi connectivity index (χ2n) is 6.81. The molecule has 0 bridgehead atoms. The van der Waals surface area contributed by atoms with Crippen molar-refractivity contribution in [3.05, 3.63) is 70.2 Å². The molecule has 3 aromatic carbocycles. The van der Waals surface area contributed by atoms with Crippen LogP contribution in [0, 0.1) is 0 Å². The van der Waals surface area contributed by atoms with Gasteiger partial charge in [0.05, 0.1) is 5.02 Å². The number of carbonyl (C=O) groups excluding carboxylic acids is 1. The summed E-state index contributed by atoms with van der Waals surface area (Å²) in [6, 6.07) is 15.4. The van der Waals surface area contributed by atoms with Crippen LogP contribution in [0.3, 0.4) is 0 Å². The fraction of sp³-hybridized carbons (Fsp3) is 0.0455. The highest BCUT2D eigenvalue weighted by molar-refractivity contribution is 7.80. The number of nitrogens with zero attached hydrogens (tertiary/aromatic N) is 1. The summed E-state index contributed by atoms with van der Waals surface area (Å²) in [5.74, 6) is 1.18. The zero-order valence-corrected chi connectivity index (χ0v) is 18.5. The number of nitrogens with one attached hydrogen (secondary N) is 2. The van der Waals surface area contributed by atoms with Crippen LogP contribution in [0.4, 0.5) is 5.69 Å². The first kappa shape index (κ1) is 20.6. The van der Waals surface area contributed by atoms with Crippen molar-refractivity contribution in [2.75, 3.05) is 12.1 Å². The maximum absolute atomic E-state index is 12.4. The van der Waals surface area contributed by atoms with Gasteiger partial charge in [-0.1, -0.05) is 23.2 Å². The maximum atomic E-state index is 12.4. The van der Waals surface area contributed by atoms with E-state index in [0.29, 0.717) is 49.8 Å². The van der Waals surface area contributed by atoms with E-state index >= 15 is 0 Å². The van der Waals surface area contributed by atoms with Crippen LogP contribution >= 0.6 is 35.4 Å². The Morgan fingerprint density at radius 3 is 2.59 bits per heavy atom. The second kappa shape index (κ2) is 8.31. The number of anilines is 1. The molecule has 0 aliphatic carbocycles. The first-order chi connectivity index (χ1) is 15.5. The third-order valence-electron chi connectivity index (χ3n) is 4.66. The molecule has 1 aromatic heterocycles. The highest BCUT2D eigenvalue weighted by Gasteiger charge is 2.17. The number of oxazole rings is 1. The summed E-state index contributed by atoms with van der Waals surface area (Å²) >= 11 is 17.4. The van der Waals surface area contributed by atoms with Crippen LogP contribution in [-0.4, -0.2) is 22.8 Å². The number of ether oxygens (including phenoxy) is 2. The molecule has 0 saturated carbocycles. The molecule has 1 amide bonds. The molecule has 0 fully saturated rings. The van der Waals surface area contributed by atoms with Crippen LogP contribution in [0.15, 0.2) is 59.0 Å². The van der Waals surface area contributed by atoms with Crippen LogP contribution in [0.5, 0.6) is 11.5 Å². The van der Waals surface area contributed by atoms with Crippen LogP contribution < -0.4 is 20.1 Å². The van der Waals surface area contributed by atoms with Crippen molar-refractivity contribution in [1.29, 1.82) is 0 Å². The van der Waals surface area contributed by atoms with E-state index < -0.39 is 0 Å². The molecule has 0 radical (unpaired) electrons. The van der Waals surface area contributed by atoms with E-state index in [0.717, 1.165) is 5.56 Å². The molecule has 32 heavy (non-hydrogen) atoms. The number of benzene rings is 3. The Hall–Kier alpha value is -3.33. The largest absolute Gasteiger partial charge is 0.454 e. The number of carbonyl (C=O) groups is 1.